The van der Waals surface area contributed by atoms with Gasteiger partial charge in [-0.2, -0.15) is 0 Å². The lowest BCUT2D eigenvalue weighted by molar-refractivity contribution is -0.0264. The summed E-state index contributed by atoms with van der Waals surface area (Å²) in [7, 11) is 1.66. The Bertz CT molecular complexity index is 582. The summed E-state index contributed by atoms with van der Waals surface area (Å²) >= 11 is 0. The summed E-state index contributed by atoms with van der Waals surface area (Å²) in [4.78, 5) is 12.4. The standard InChI is InChI=1S/C19H28N2O3/c1-14-6-5-7-15(17(14)23-2)12-20-18(22)21-16-8-11-24-13-19(16)9-3-4-10-19/h5-7,16H,3-4,8-13H2,1-2H3,(H2,20,21,22). The number of benzene rings is 1. The number of carbonyl (C=O) groups is 1. The second-order valence-corrected chi connectivity index (χ2v) is 7.06. The molecule has 1 saturated carbocycles. The third-order valence-electron chi connectivity index (χ3n) is 5.52. The van der Waals surface area contributed by atoms with Crippen LogP contribution in [0.2, 0.25) is 0 Å². The molecule has 1 aliphatic heterocycles. The molecule has 1 unspecified atom stereocenters. The van der Waals surface area contributed by atoms with E-state index in [-0.39, 0.29) is 17.5 Å². The van der Waals surface area contributed by atoms with Gasteiger partial charge in [0, 0.05) is 30.2 Å². The van der Waals surface area contributed by atoms with Crippen LogP contribution in [0.5, 0.6) is 5.75 Å². The number of amides is 2. The number of aryl methyl sites for hydroxylation is 1. The van der Waals surface area contributed by atoms with Crippen LogP contribution < -0.4 is 15.4 Å². The lowest BCUT2D eigenvalue weighted by Gasteiger charge is -2.41. The van der Waals surface area contributed by atoms with E-state index in [1.54, 1.807) is 7.11 Å². The minimum Gasteiger partial charge on any atom is -0.496 e. The molecule has 24 heavy (non-hydrogen) atoms. The summed E-state index contributed by atoms with van der Waals surface area (Å²) in [6.45, 7) is 3.99. The largest absolute Gasteiger partial charge is 0.496 e. The first-order valence-electron chi connectivity index (χ1n) is 8.89. The Kier molecular flexibility index (Phi) is 5.29. The fourth-order valence-corrected chi connectivity index (χ4v) is 4.21. The molecule has 2 aliphatic rings. The molecule has 132 valence electrons. The van der Waals surface area contributed by atoms with Gasteiger partial charge in [0.2, 0.25) is 0 Å². The minimum absolute atomic E-state index is 0.100. The van der Waals surface area contributed by atoms with Crippen molar-refractivity contribution in [1.82, 2.24) is 10.6 Å². The van der Waals surface area contributed by atoms with Crippen LogP contribution in [-0.4, -0.2) is 32.4 Å². The normalized spacial score (nSPS) is 22.3. The van der Waals surface area contributed by atoms with Gasteiger partial charge in [-0.05, 0) is 31.7 Å². The molecule has 1 aromatic rings. The van der Waals surface area contributed by atoms with Crippen molar-refractivity contribution >= 4 is 6.03 Å². The molecule has 0 bridgehead atoms. The highest BCUT2D eigenvalue weighted by atomic mass is 16.5. The van der Waals surface area contributed by atoms with E-state index in [0.717, 1.165) is 49.4 Å². The molecule has 2 N–H and O–H groups in total. The van der Waals surface area contributed by atoms with Crippen molar-refractivity contribution in [2.75, 3.05) is 20.3 Å². The Morgan fingerprint density at radius 1 is 1.38 bits per heavy atom. The number of hydrogen-bond acceptors (Lipinski definition) is 3. The zero-order valence-electron chi connectivity index (χ0n) is 14.7. The van der Waals surface area contributed by atoms with Crippen LogP contribution in [0, 0.1) is 12.3 Å². The molecule has 2 amide bonds. The second-order valence-electron chi connectivity index (χ2n) is 7.06. The SMILES string of the molecule is COc1c(C)cccc1CNC(=O)NC1CCOCC12CCCC2. The first kappa shape index (κ1) is 17.1. The molecule has 3 rings (SSSR count). The first-order valence-corrected chi connectivity index (χ1v) is 8.89. The Morgan fingerprint density at radius 3 is 2.92 bits per heavy atom. The molecule has 5 heteroatoms. The van der Waals surface area contributed by atoms with Crippen molar-refractivity contribution in [3.8, 4) is 5.75 Å². The Balaban J connectivity index is 1.58. The Hall–Kier alpha value is -1.75. The topological polar surface area (TPSA) is 59.6 Å². The van der Waals surface area contributed by atoms with Crippen LogP contribution in [-0.2, 0) is 11.3 Å². The smallest absolute Gasteiger partial charge is 0.315 e. The van der Waals surface area contributed by atoms with E-state index in [4.69, 9.17) is 9.47 Å². The molecule has 1 aromatic carbocycles. The van der Waals surface area contributed by atoms with E-state index < -0.39 is 0 Å². The number of nitrogens with one attached hydrogen (secondary N) is 2. The predicted molar refractivity (Wildman–Crippen MR) is 93.2 cm³/mol. The first-order chi connectivity index (χ1) is 11.6. The number of para-hydroxylation sites is 1. The molecule has 1 atom stereocenters. The molecule has 1 aliphatic carbocycles. The van der Waals surface area contributed by atoms with Gasteiger partial charge in [0.25, 0.3) is 0 Å². The number of rotatable bonds is 4. The number of hydrogen-bond donors (Lipinski definition) is 2. The maximum absolute atomic E-state index is 12.4. The average molecular weight is 332 g/mol. The molecule has 0 aromatic heterocycles. The van der Waals surface area contributed by atoms with Crippen LogP contribution in [0.4, 0.5) is 4.79 Å². The van der Waals surface area contributed by atoms with E-state index in [1.807, 2.05) is 25.1 Å². The van der Waals surface area contributed by atoms with Crippen molar-refractivity contribution in [2.24, 2.45) is 5.41 Å². The fraction of sp³-hybridized carbons (Fsp3) is 0.632. The van der Waals surface area contributed by atoms with Crippen LogP contribution in [0.25, 0.3) is 0 Å². The number of urea groups is 1. The van der Waals surface area contributed by atoms with Gasteiger partial charge < -0.3 is 20.1 Å². The Morgan fingerprint density at radius 2 is 2.17 bits per heavy atom. The summed E-state index contributed by atoms with van der Waals surface area (Å²) in [5, 5.41) is 6.19. The molecule has 1 saturated heterocycles. The maximum atomic E-state index is 12.4. The van der Waals surface area contributed by atoms with Crippen molar-refractivity contribution in [3.63, 3.8) is 0 Å². The van der Waals surface area contributed by atoms with Gasteiger partial charge in [0.1, 0.15) is 5.75 Å². The maximum Gasteiger partial charge on any atom is 0.315 e. The lowest BCUT2D eigenvalue weighted by atomic mass is 9.76. The van der Waals surface area contributed by atoms with E-state index in [9.17, 15) is 4.79 Å². The van der Waals surface area contributed by atoms with Crippen LogP contribution >= 0.6 is 0 Å². The Labute approximate surface area is 144 Å². The highest BCUT2D eigenvalue weighted by Gasteiger charge is 2.44. The lowest BCUT2D eigenvalue weighted by Crippen LogP contribution is -2.54. The highest BCUT2D eigenvalue weighted by molar-refractivity contribution is 5.74. The molecule has 5 nitrogen and oxygen atoms in total. The van der Waals surface area contributed by atoms with Gasteiger partial charge in [-0.15, -0.1) is 0 Å². The third kappa shape index (κ3) is 3.51. The minimum atomic E-state index is -0.100. The number of methoxy groups -OCH3 is 1. The summed E-state index contributed by atoms with van der Waals surface area (Å²) < 4.78 is 11.1. The monoisotopic (exact) mass is 332 g/mol. The summed E-state index contributed by atoms with van der Waals surface area (Å²) in [5.74, 6) is 0.844. The van der Waals surface area contributed by atoms with Gasteiger partial charge >= 0.3 is 6.03 Å². The van der Waals surface area contributed by atoms with Gasteiger partial charge in [0.15, 0.2) is 0 Å². The number of carbonyl (C=O) groups excluding carboxylic acids is 1. The quantitative estimate of drug-likeness (QED) is 0.890. The molecule has 1 heterocycles. The van der Waals surface area contributed by atoms with E-state index in [2.05, 4.69) is 10.6 Å². The summed E-state index contributed by atoms with van der Waals surface area (Å²) in [6.07, 6.45) is 5.70. The third-order valence-corrected chi connectivity index (χ3v) is 5.52. The van der Waals surface area contributed by atoms with Crippen molar-refractivity contribution in [3.05, 3.63) is 29.3 Å². The molecular weight excluding hydrogens is 304 g/mol. The molecule has 0 radical (unpaired) electrons. The van der Waals surface area contributed by atoms with Crippen LogP contribution in [0.3, 0.4) is 0 Å². The van der Waals surface area contributed by atoms with Crippen molar-refractivity contribution in [2.45, 2.75) is 51.6 Å². The fourth-order valence-electron chi connectivity index (χ4n) is 4.21. The van der Waals surface area contributed by atoms with Crippen LogP contribution in [0.15, 0.2) is 18.2 Å². The van der Waals surface area contributed by atoms with Crippen LogP contribution in [0.1, 0.15) is 43.2 Å². The second kappa shape index (κ2) is 7.43. The van der Waals surface area contributed by atoms with Gasteiger partial charge in [-0.3, -0.25) is 0 Å². The van der Waals surface area contributed by atoms with E-state index in [1.165, 1.54) is 12.8 Å². The van der Waals surface area contributed by atoms with Crippen molar-refractivity contribution in [1.29, 1.82) is 0 Å². The zero-order valence-corrected chi connectivity index (χ0v) is 14.7. The van der Waals surface area contributed by atoms with Gasteiger partial charge in [0.05, 0.1) is 13.7 Å². The molecule has 2 fully saturated rings. The average Bonchev–Trinajstić information content (AvgIpc) is 3.04. The zero-order chi connectivity index (χ0) is 17.0. The number of ether oxygens (including phenoxy) is 2. The summed E-state index contributed by atoms with van der Waals surface area (Å²) in [6, 6.07) is 6.09. The van der Waals surface area contributed by atoms with Gasteiger partial charge in [-0.1, -0.05) is 31.0 Å². The van der Waals surface area contributed by atoms with E-state index in [0.29, 0.717) is 6.54 Å². The van der Waals surface area contributed by atoms with E-state index >= 15 is 0 Å². The van der Waals surface area contributed by atoms with Gasteiger partial charge in [-0.25, -0.2) is 4.79 Å². The molecule has 1 spiro atoms. The van der Waals surface area contributed by atoms with Crippen molar-refractivity contribution < 1.29 is 14.3 Å². The highest BCUT2D eigenvalue weighted by Crippen LogP contribution is 2.44. The summed E-state index contributed by atoms with van der Waals surface area (Å²) in [5.41, 5.74) is 2.22. The molecular formula is C19H28N2O3. The predicted octanol–water partition coefficient (Wildman–Crippen LogP) is 3.15.